The number of nitrogens with one attached hydrogen (secondary N) is 1. The van der Waals surface area contributed by atoms with Crippen LogP contribution in [0.2, 0.25) is 0 Å². The minimum absolute atomic E-state index is 0.0307. The Morgan fingerprint density at radius 2 is 1.90 bits per heavy atom. The number of piperazine rings is 1. The van der Waals surface area contributed by atoms with E-state index in [9.17, 15) is 9.59 Å². The van der Waals surface area contributed by atoms with Gasteiger partial charge in [-0.25, -0.2) is 0 Å². The SMILES string of the molecule is CC1NC(=O)C(C)N(CCCOc2ccccc2)C1=O. The maximum absolute atomic E-state index is 12.0. The predicted octanol–water partition coefficient (Wildman–Crippen LogP) is 1.19. The summed E-state index contributed by atoms with van der Waals surface area (Å²) in [5.74, 6) is 0.689. The van der Waals surface area contributed by atoms with Crippen LogP contribution >= 0.6 is 0 Å². The van der Waals surface area contributed by atoms with Gasteiger partial charge in [0.15, 0.2) is 0 Å². The molecular weight excluding hydrogens is 256 g/mol. The molecule has 0 radical (unpaired) electrons. The largest absolute Gasteiger partial charge is 0.494 e. The molecule has 5 heteroatoms. The van der Waals surface area contributed by atoms with E-state index in [2.05, 4.69) is 5.32 Å². The van der Waals surface area contributed by atoms with E-state index in [0.29, 0.717) is 19.6 Å². The zero-order valence-electron chi connectivity index (χ0n) is 11.8. The Hall–Kier alpha value is -2.04. The van der Waals surface area contributed by atoms with E-state index in [-0.39, 0.29) is 11.8 Å². The minimum atomic E-state index is -0.436. The summed E-state index contributed by atoms with van der Waals surface area (Å²) in [5, 5.41) is 2.66. The van der Waals surface area contributed by atoms with Gasteiger partial charge in [-0.3, -0.25) is 9.59 Å². The van der Waals surface area contributed by atoms with Crippen molar-refractivity contribution in [2.75, 3.05) is 13.2 Å². The summed E-state index contributed by atoms with van der Waals surface area (Å²) in [5.41, 5.74) is 0. The number of ether oxygens (including phenoxy) is 1. The Labute approximate surface area is 118 Å². The van der Waals surface area contributed by atoms with E-state index in [1.165, 1.54) is 0 Å². The van der Waals surface area contributed by atoms with Gasteiger partial charge in [0, 0.05) is 6.54 Å². The van der Waals surface area contributed by atoms with Gasteiger partial charge in [0.25, 0.3) is 0 Å². The standard InChI is InChI=1S/C15H20N2O3/c1-11-15(19)17(12(2)14(18)16-11)9-6-10-20-13-7-4-3-5-8-13/h3-5,7-8,11-12H,6,9-10H2,1-2H3,(H,16,18). The molecule has 0 aliphatic carbocycles. The topological polar surface area (TPSA) is 58.6 Å². The Kier molecular flexibility index (Phi) is 4.61. The maximum atomic E-state index is 12.0. The molecule has 2 amide bonds. The smallest absolute Gasteiger partial charge is 0.245 e. The Balaban J connectivity index is 1.80. The number of hydrogen-bond donors (Lipinski definition) is 1. The van der Waals surface area contributed by atoms with E-state index < -0.39 is 12.1 Å². The van der Waals surface area contributed by atoms with Gasteiger partial charge in [0.1, 0.15) is 17.8 Å². The first-order valence-electron chi connectivity index (χ1n) is 6.88. The second-order valence-corrected chi connectivity index (χ2v) is 4.95. The monoisotopic (exact) mass is 276 g/mol. The molecule has 0 spiro atoms. The van der Waals surface area contributed by atoms with Crippen molar-refractivity contribution in [1.29, 1.82) is 0 Å². The Morgan fingerprint density at radius 3 is 2.60 bits per heavy atom. The van der Waals surface area contributed by atoms with Crippen LogP contribution in [0.4, 0.5) is 0 Å². The Morgan fingerprint density at radius 1 is 1.20 bits per heavy atom. The third-order valence-electron chi connectivity index (χ3n) is 3.41. The molecule has 1 saturated heterocycles. The fraction of sp³-hybridized carbons (Fsp3) is 0.467. The normalized spacial score (nSPS) is 22.6. The van der Waals surface area contributed by atoms with Crippen molar-refractivity contribution >= 4 is 11.8 Å². The predicted molar refractivity (Wildman–Crippen MR) is 75.3 cm³/mol. The highest BCUT2D eigenvalue weighted by Gasteiger charge is 2.35. The zero-order valence-corrected chi connectivity index (χ0v) is 11.8. The Bertz CT molecular complexity index is 475. The van der Waals surface area contributed by atoms with Crippen LogP contribution in [-0.4, -0.2) is 41.9 Å². The molecule has 1 aliphatic heterocycles. The summed E-state index contributed by atoms with van der Waals surface area (Å²) >= 11 is 0. The summed E-state index contributed by atoms with van der Waals surface area (Å²) in [6.45, 7) is 4.51. The number of para-hydroxylation sites is 1. The number of hydrogen-bond acceptors (Lipinski definition) is 3. The molecule has 0 aromatic heterocycles. The second-order valence-electron chi connectivity index (χ2n) is 4.95. The summed E-state index contributed by atoms with van der Waals surface area (Å²) in [4.78, 5) is 25.3. The third kappa shape index (κ3) is 3.29. The first-order valence-corrected chi connectivity index (χ1v) is 6.88. The van der Waals surface area contributed by atoms with Crippen LogP contribution in [0.25, 0.3) is 0 Å². The van der Waals surface area contributed by atoms with Crippen LogP contribution in [0.3, 0.4) is 0 Å². The van der Waals surface area contributed by atoms with Gasteiger partial charge in [-0.1, -0.05) is 18.2 Å². The van der Waals surface area contributed by atoms with Gasteiger partial charge in [-0.05, 0) is 32.4 Å². The molecule has 0 saturated carbocycles. The molecule has 1 aromatic carbocycles. The quantitative estimate of drug-likeness (QED) is 0.822. The molecule has 2 unspecified atom stereocenters. The van der Waals surface area contributed by atoms with Crippen molar-refractivity contribution in [1.82, 2.24) is 10.2 Å². The average molecular weight is 276 g/mol. The molecule has 5 nitrogen and oxygen atoms in total. The lowest BCUT2D eigenvalue weighted by Crippen LogP contribution is -2.61. The van der Waals surface area contributed by atoms with Gasteiger partial charge >= 0.3 is 0 Å². The number of carbonyl (C=O) groups is 2. The zero-order chi connectivity index (χ0) is 14.5. The molecule has 1 N–H and O–H groups in total. The average Bonchev–Trinajstić information content (AvgIpc) is 2.45. The molecular formula is C15H20N2O3. The first-order chi connectivity index (χ1) is 9.59. The van der Waals surface area contributed by atoms with Crippen LogP contribution in [0.1, 0.15) is 20.3 Å². The third-order valence-corrected chi connectivity index (χ3v) is 3.41. The highest BCUT2D eigenvalue weighted by atomic mass is 16.5. The fourth-order valence-electron chi connectivity index (χ4n) is 2.22. The van der Waals surface area contributed by atoms with Crippen molar-refractivity contribution in [3.63, 3.8) is 0 Å². The molecule has 0 bridgehead atoms. The summed E-state index contributed by atoms with van der Waals surface area (Å²) in [7, 11) is 0. The van der Waals surface area contributed by atoms with Gasteiger partial charge < -0.3 is 15.0 Å². The number of benzene rings is 1. The van der Waals surface area contributed by atoms with Gasteiger partial charge in [-0.2, -0.15) is 0 Å². The lowest BCUT2D eigenvalue weighted by atomic mass is 10.1. The summed E-state index contributed by atoms with van der Waals surface area (Å²) in [6, 6.07) is 8.70. The van der Waals surface area contributed by atoms with Crippen molar-refractivity contribution in [3.8, 4) is 5.75 Å². The van der Waals surface area contributed by atoms with Gasteiger partial charge in [0.2, 0.25) is 11.8 Å². The lowest BCUT2D eigenvalue weighted by Gasteiger charge is -2.36. The molecule has 1 aromatic rings. The summed E-state index contributed by atoms with van der Waals surface area (Å²) < 4.78 is 5.58. The van der Waals surface area contributed by atoms with Crippen LogP contribution in [0.15, 0.2) is 30.3 Å². The van der Waals surface area contributed by atoms with E-state index in [0.717, 1.165) is 5.75 Å². The number of rotatable bonds is 5. The van der Waals surface area contributed by atoms with Crippen LogP contribution < -0.4 is 10.1 Å². The lowest BCUT2D eigenvalue weighted by molar-refractivity contribution is -0.148. The number of carbonyl (C=O) groups excluding carboxylic acids is 2. The van der Waals surface area contributed by atoms with E-state index >= 15 is 0 Å². The van der Waals surface area contributed by atoms with Crippen LogP contribution in [0.5, 0.6) is 5.75 Å². The molecule has 1 fully saturated rings. The molecule has 2 atom stereocenters. The summed E-state index contributed by atoms with van der Waals surface area (Å²) in [6.07, 6.45) is 0.699. The first kappa shape index (κ1) is 14.4. The number of amides is 2. The van der Waals surface area contributed by atoms with Crippen LogP contribution in [0, 0.1) is 0 Å². The van der Waals surface area contributed by atoms with E-state index in [1.54, 1.807) is 18.7 Å². The molecule has 1 aliphatic rings. The van der Waals surface area contributed by atoms with E-state index in [4.69, 9.17) is 4.74 Å². The molecule has 2 rings (SSSR count). The fourth-order valence-corrected chi connectivity index (χ4v) is 2.22. The van der Waals surface area contributed by atoms with Crippen molar-refractivity contribution in [2.45, 2.75) is 32.4 Å². The molecule has 20 heavy (non-hydrogen) atoms. The molecule has 1 heterocycles. The number of nitrogens with zero attached hydrogens (tertiary/aromatic N) is 1. The van der Waals surface area contributed by atoms with Crippen LogP contribution in [-0.2, 0) is 9.59 Å². The highest BCUT2D eigenvalue weighted by molar-refractivity contribution is 5.96. The second kappa shape index (κ2) is 6.41. The minimum Gasteiger partial charge on any atom is -0.494 e. The van der Waals surface area contributed by atoms with Gasteiger partial charge in [-0.15, -0.1) is 0 Å². The molecule has 108 valence electrons. The van der Waals surface area contributed by atoms with Crippen molar-refractivity contribution < 1.29 is 14.3 Å². The highest BCUT2D eigenvalue weighted by Crippen LogP contribution is 2.12. The van der Waals surface area contributed by atoms with Crippen molar-refractivity contribution in [2.24, 2.45) is 0 Å². The van der Waals surface area contributed by atoms with Gasteiger partial charge in [0.05, 0.1) is 6.61 Å². The maximum Gasteiger partial charge on any atom is 0.245 e. The van der Waals surface area contributed by atoms with Crippen molar-refractivity contribution in [3.05, 3.63) is 30.3 Å². The van der Waals surface area contributed by atoms with E-state index in [1.807, 2.05) is 30.3 Å².